The van der Waals surface area contributed by atoms with Gasteiger partial charge in [-0.1, -0.05) is 0 Å². The Morgan fingerprint density at radius 3 is 2.38 bits per heavy atom. The van der Waals surface area contributed by atoms with E-state index in [0.717, 1.165) is 12.1 Å². The van der Waals surface area contributed by atoms with E-state index in [-0.39, 0.29) is 17.2 Å². The van der Waals surface area contributed by atoms with Gasteiger partial charge in [0.05, 0.1) is 17.8 Å². The van der Waals surface area contributed by atoms with Crippen LogP contribution in [0, 0.1) is 5.82 Å². The Morgan fingerprint density at radius 2 is 1.79 bits per heavy atom. The molecule has 6 nitrogen and oxygen atoms in total. The molecule has 0 spiro atoms. The summed E-state index contributed by atoms with van der Waals surface area (Å²) in [5.74, 6) is -0.154. The Bertz CT molecular complexity index is 1050. The third-order valence-electron chi connectivity index (χ3n) is 4.25. The number of rotatable bonds is 8. The number of halogens is 1. The molecule has 1 amide bonds. The highest BCUT2D eigenvalue weighted by Crippen LogP contribution is 2.29. The van der Waals surface area contributed by atoms with Gasteiger partial charge in [0.25, 0.3) is 5.91 Å². The van der Waals surface area contributed by atoms with E-state index in [9.17, 15) is 17.6 Å². The minimum Gasteiger partial charge on any atom is -0.494 e. The highest BCUT2D eigenvalue weighted by molar-refractivity contribution is 7.91. The van der Waals surface area contributed by atoms with Crippen molar-refractivity contribution in [2.75, 3.05) is 13.2 Å². The van der Waals surface area contributed by atoms with Gasteiger partial charge in [0.15, 0.2) is 9.84 Å². The molecule has 0 aliphatic heterocycles. The quantitative estimate of drug-likeness (QED) is 0.564. The predicted molar refractivity (Wildman–Crippen MR) is 105 cm³/mol. The molecular weight excluding hydrogens is 397 g/mol. The third-order valence-corrected chi connectivity index (χ3v) is 6.33. The van der Waals surface area contributed by atoms with Crippen molar-refractivity contribution in [2.24, 2.45) is 0 Å². The Balaban J connectivity index is 1.80. The Labute approximate surface area is 168 Å². The molecule has 0 bridgehead atoms. The molecule has 0 radical (unpaired) electrons. The van der Waals surface area contributed by atoms with Crippen LogP contribution in [-0.2, 0) is 9.84 Å². The van der Waals surface area contributed by atoms with Crippen LogP contribution in [0.4, 0.5) is 4.39 Å². The molecule has 1 aromatic heterocycles. The molecule has 0 unspecified atom stereocenters. The van der Waals surface area contributed by atoms with Crippen LogP contribution in [0.15, 0.2) is 76.2 Å². The first-order chi connectivity index (χ1) is 13.9. The number of carbonyl (C=O) groups is 1. The summed E-state index contributed by atoms with van der Waals surface area (Å²) in [4.78, 5) is 12.4. The average molecular weight is 417 g/mol. The SMILES string of the molecule is CCOc1ccc(C(=O)NC[C@H](c2ccco2)S(=O)(=O)c2ccc(F)cc2)cc1. The van der Waals surface area contributed by atoms with Crippen LogP contribution < -0.4 is 10.1 Å². The molecule has 1 heterocycles. The predicted octanol–water partition coefficient (Wildman–Crippen LogP) is 3.76. The summed E-state index contributed by atoms with van der Waals surface area (Å²) in [5.41, 5.74) is 0.367. The number of hydrogen-bond donors (Lipinski definition) is 1. The van der Waals surface area contributed by atoms with Crippen LogP contribution in [-0.4, -0.2) is 27.5 Å². The van der Waals surface area contributed by atoms with Crippen molar-refractivity contribution >= 4 is 15.7 Å². The lowest BCUT2D eigenvalue weighted by atomic mass is 10.2. The molecule has 3 rings (SSSR count). The van der Waals surface area contributed by atoms with Crippen molar-refractivity contribution in [1.82, 2.24) is 5.32 Å². The number of furan rings is 1. The van der Waals surface area contributed by atoms with Gasteiger partial charge < -0.3 is 14.5 Å². The van der Waals surface area contributed by atoms with Crippen LogP contribution in [0.2, 0.25) is 0 Å². The number of hydrogen-bond acceptors (Lipinski definition) is 5. The zero-order valence-corrected chi connectivity index (χ0v) is 16.5. The minimum atomic E-state index is -3.93. The van der Waals surface area contributed by atoms with Gasteiger partial charge in [-0.2, -0.15) is 0 Å². The lowest BCUT2D eigenvalue weighted by molar-refractivity contribution is 0.0953. The lowest BCUT2D eigenvalue weighted by Gasteiger charge is -2.17. The summed E-state index contributed by atoms with van der Waals surface area (Å²) in [6.07, 6.45) is 1.36. The summed E-state index contributed by atoms with van der Waals surface area (Å²) in [6.45, 7) is 2.16. The average Bonchev–Trinajstić information content (AvgIpc) is 3.23. The fourth-order valence-electron chi connectivity index (χ4n) is 2.78. The normalized spacial score (nSPS) is 12.3. The van der Waals surface area contributed by atoms with Crippen LogP contribution in [0.3, 0.4) is 0 Å². The van der Waals surface area contributed by atoms with E-state index in [1.807, 2.05) is 6.92 Å². The van der Waals surface area contributed by atoms with E-state index < -0.39 is 26.8 Å². The van der Waals surface area contributed by atoms with Crippen LogP contribution in [0.25, 0.3) is 0 Å². The maximum Gasteiger partial charge on any atom is 0.251 e. The van der Waals surface area contributed by atoms with E-state index in [0.29, 0.717) is 17.9 Å². The molecule has 0 aliphatic rings. The number of sulfone groups is 1. The van der Waals surface area contributed by atoms with Gasteiger partial charge >= 0.3 is 0 Å². The largest absolute Gasteiger partial charge is 0.494 e. The van der Waals surface area contributed by atoms with E-state index >= 15 is 0 Å². The molecule has 1 atom stereocenters. The van der Waals surface area contributed by atoms with Crippen molar-refractivity contribution in [3.8, 4) is 5.75 Å². The van der Waals surface area contributed by atoms with Crippen molar-refractivity contribution in [1.29, 1.82) is 0 Å². The maximum absolute atomic E-state index is 13.2. The highest BCUT2D eigenvalue weighted by Gasteiger charge is 2.32. The Kier molecular flexibility index (Phi) is 6.33. The Morgan fingerprint density at radius 1 is 1.10 bits per heavy atom. The van der Waals surface area contributed by atoms with Crippen molar-refractivity contribution in [2.45, 2.75) is 17.1 Å². The van der Waals surface area contributed by atoms with Gasteiger partial charge in [0.1, 0.15) is 22.6 Å². The number of benzene rings is 2. The lowest BCUT2D eigenvalue weighted by Crippen LogP contribution is -2.31. The smallest absolute Gasteiger partial charge is 0.251 e. The first kappa shape index (κ1) is 20.6. The molecule has 0 fully saturated rings. The van der Waals surface area contributed by atoms with Gasteiger partial charge in [0.2, 0.25) is 0 Å². The van der Waals surface area contributed by atoms with Gasteiger partial charge in [0, 0.05) is 12.1 Å². The van der Waals surface area contributed by atoms with Gasteiger partial charge in [-0.05, 0) is 67.6 Å². The molecule has 8 heteroatoms. The molecule has 0 saturated heterocycles. The number of ether oxygens (including phenoxy) is 1. The highest BCUT2D eigenvalue weighted by atomic mass is 32.2. The molecular formula is C21H20FNO5S. The third kappa shape index (κ3) is 4.83. The second-order valence-electron chi connectivity index (χ2n) is 6.17. The van der Waals surface area contributed by atoms with Gasteiger partial charge in [-0.3, -0.25) is 4.79 Å². The van der Waals surface area contributed by atoms with Crippen LogP contribution in [0.1, 0.15) is 28.3 Å². The monoisotopic (exact) mass is 417 g/mol. The van der Waals surface area contributed by atoms with Crippen molar-refractivity contribution in [3.63, 3.8) is 0 Å². The topological polar surface area (TPSA) is 85.6 Å². The fraction of sp³-hybridized carbons (Fsp3) is 0.190. The summed E-state index contributed by atoms with van der Waals surface area (Å²) in [6, 6.07) is 14.1. The molecule has 152 valence electrons. The first-order valence-corrected chi connectivity index (χ1v) is 10.5. The standard InChI is InChI=1S/C21H20FNO5S/c1-2-27-17-9-5-15(6-10-17)21(24)23-14-20(19-4-3-13-28-19)29(25,26)18-11-7-16(22)8-12-18/h3-13,20H,2,14H2,1H3,(H,23,24)/t20-/m1/s1. The van der Waals surface area contributed by atoms with E-state index in [4.69, 9.17) is 9.15 Å². The van der Waals surface area contributed by atoms with Gasteiger partial charge in [-0.15, -0.1) is 0 Å². The zero-order chi connectivity index (χ0) is 20.9. The van der Waals surface area contributed by atoms with E-state index in [1.54, 1.807) is 30.3 Å². The second-order valence-corrected chi connectivity index (χ2v) is 8.30. The molecule has 3 aromatic rings. The Hall–Kier alpha value is -3.13. The van der Waals surface area contributed by atoms with E-state index in [2.05, 4.69) is 5.32 Å². The van der Waals surface area contributed by atoms with Crippen LogP contribution >= 0.6 is 0 Å². The fourth-order valence-corrected chi connectivity index (χ4v) is 4.37. The summed E-state index contributed by atoms with van der Waals surface area (Å²) in [5, 5.41) is 1.48. The van der Waals surface area contributed by atoms with Crippen molar-refractivity contribution in [3.05, 3.63) is 84.1 Å². The number of carbonyl (C=O) groups excluding carboxylic acids is 1. The zero-order valence-electron chi connectivity index (χ0n) is 15.7. The molecule has 0 saturated carbocycles. The van der Waals surface area contributed by atoms with Crippen LogP contribution in [0.5, 0.6) is 5.75 Å². The number of nitrogens with one attached hydrogen (secondary N) is 1. The number of amides is 1. The molecule has 1 N–H and O–H groups in total. The second kappa shape index (κ2) is 8.91. The summed E-state index contributed by atoms with van der Waals surface area (Å²) in [7, 11) is -3.93. The van der Waals surface area contributed by atoms with E-state index in [1.165, 1.54) is 24.5 Å². The maximum atomic E-state index is 13.2. The molecule has 2 aromatic carbocycles. The van der Waals surface area contributed by atoms with Crippen molar-refractivity contribution < 1.29 is 26.8 Å². The summed E-state index contributed by atoms with van der Waals surface area (Å²) >= 11 is 0. The minimum absolute atomic E-state index is 0.0596. The first-order valence-electron chi connectivity index (χ1n) is 8.95. The molecule has 0 aliphatic carbocycles. The summed E-state index contributed by atoms with van der Waals surface area (Å²) < 4.78 is 49.9. The molecule has 29 heavy (non-hydrogen) atoms. The van der Waals surface area contributed by atoms with Gasteiger partial charge in [-0.25, -0.2) is 12.8 Å².